The van der Waals surface area contributed by atoms with Crippen LogP contribution in [-0.2, 0) is 9.59 Å². The van der Waals surface area contributed by atoms with Gasteiger partial charge in [0.15, 0.2) is 0 Å². The molecule has 25 heavy (non-hydrogen) atoms. The van der Waals surface area contributed by atoms with E-state index >= 15 is 0 Å². The molecule has 1 aromatic carbocycles. The Hall–Kier alpha value is -2.77. The highest BCUT2D eigenvalue weighted by Gasteiger charge is 2.35. The van der Waals surface area contributed by atoms with Gasteiger partial charge in [-0.3, -0.25) is 9.59 Å². The second-order valence-corrected chi connectivity index (χ2v) is 5.99. The van der Waals surface area contributed by atoms with E-state index in [0.29, 0.717) is 18.7 Å². The van der Waals surface area contributed by atoms with E-state index in [2.05, 4.69) is 20.7 Å². The Morgan fingerprint density at radius 2 is 1.88 bits per heavy atom. The molecule has 1 unspecified atom stereocenters. The Balaban J connectivity index is 2.05. The molecule has 1 amide bonds. The maximum Gasteiger partial charge on any atom is 0.311 e. The zero-order chi connectivity index (χ0) is 18.4. The van der Waals surface area contributed by atoms with Crippen LogP contribution < -0.4 is 5.32 Å². The molecule has 2 N–H and O–H groups in total. The van der Waals surface area contributed by atoms with E-state index in [1.807, 2.05) is 30.3 Å². The van der Waals surface area contributed by atoms with Crippen molar-refractivity contribution < 1.29 is 14.7 Å². The molecule has 2 rings (SSSR count). The average Bonchev–Trinajstić information content (AvgIpc) is 3.12. The fraction of sp³-hybridized carbons (Fsp3) is 0.471. The monoisotopic (exact) mass is 345 g/mol. The van der Waals surface area contributed by atoms with Gasteiger partial charge in [-0.15, -0.1) is 10.2 Å². The van der Waals surface area contributed by atoms with Gasteiger partial charge in [-0.2, -0.15) is 4.80 Å². The quantitative estimate of drug-likeness (QED) is 0.756. The van der Waals surface area contributed by atoms with E-state index in [-0.39, 0.29) is 12.5 Å². The summed E-state index contributed by atoms with van der Waals surface area (Å²) in [6.07, 6.45) is 0.875. The van der Waals surface area contributed by atoms with Crippen LogP contribution in [0.5, 0.6) is 0 Å². The Morgan fingerprint density at radius 1 is 1.24 bits per heavy atom. The third kappa shape index (κ3) is 4.01. The van der Waals surface area contributed by atoms with Crippen LogP contribution in [0.15, 0.2) is 30.3 Å². The van der Waals surface area contributed by atoms with Gasteiger partial charge < -0.3 is 10.4 Å². The highest BCUT2D eigenvalue weighted by atomic mass is 16.4. The van der Waals surface area contributed by atoms with Gasteiger partial charge in [0.05, 0.1) is 5.41 Å². The van der Waals surface area contributed by atoms with Crippen LogP contribution in [0.4, 0.5) is 0 Å². The van der Waals surface area contributed by atoms with Crippen molar-refractivity contribution in [2.75, 3.05) is 6.54 Å². The summed E-state index contributed by atoms with van der Waals surface area (Å²) in [6.45, 7) is 5.32. The summed E-state index contributed by atoms with van der Waals surface area (Å²) in [5, 5.41) is 24.3. The predicted molar refractivity (Wildman–Crippen MR) is 91.6 cm³/mol. The highest BCUT2D eigenvalue weighted by molar-refractivity contribution is 5.81. The molecule has 1 heterocycles. The third-order valence-corrected chi connectivity index (χ3v) is 4.59. The minimum absolute atomic E-state index is 0.0682. The minimum Gasteiger partial charge on any atom is -0.481 e. The summed E-state index contributed by atoms with van der Waals surface area (Å²) in [5.74, 6) is -0.817. The SMILES string of the molecule is CCC(CC)(CNC(=O)C(C)n1nnc(-c2ccccc2)n1)C(=O)O. The Labute approximate surface area is 146 Å². The number of aromatic nitrogens is 4. The molecule has 0 saturated carbocycles. The highest BCUT2D eigenvalue weighted by Crippen LogP contribution is 2.26. The van der Waals surface area contributed by atoms with Crippen molar-refractivity contribution in [3.63, 3.8) is 0 Å². The molecule has 0 aliphatic heterocycles. The van der Waals surface area contributed by atoms with Gasteiger partial charge >= 0.3 is 5.97 Å². The molecular formula is C17H23N5O3. The zero-order valence-corrected chi connectivity index (χ0v) is 14.6. The van der Waals surface area contributed by atoms with Crippen molar-refractivity contribution in [1.82, 2.24) is 25.5 Å². The van der Waals surface area contributed by atoms with Crippen LogP contribution in [0, 0.1) is 5.41 Å². The van der Waals surface area contributed by atoms with Gasteiger partial charge in [-0.25, -0.2) is 0 Å². The number of rotatable bonds is 8. The normalized spacial score (nSPS) is 12.6. The number of aliphatic carboxylic acids is 1. The molecule has 0 fully saturated rings. The van der Waals surface area contributed by atoms with Crippen LogP contribution >= 0.6 is 0 Å². The van der Waals surface area contributed by atoms with Gasteiger partial charge in [-0.1, -0.05) is 44.2 Å². The van der Waals surface area contributed by atoms with Crippen molar-refractivity contribution in [2.24, 2.45) is 5.41 Å². The summed E-state index contributed by atoms with van der Waals surface area (Å²) >= 11 is 0. The number of carboxylic acids is 1. The number of nitrogens with one attached hydrogen (secondary N) is 1. The van der Waals surface area contributed by atoms with Crippen molar-refractivity contribution in [1.29, 1.82) is 0 Å². The lowest BCUT2D eigenvalue weighted by Crippen LogP contribution is -2.44. The second kappa shape index (κ2) is 7.87. The third-order valence-electron chi connectivity index (χ3n) is 4.59. The first-order valence-electron chi connectivity index (χ1n) is 8.29. The molecule has 2 aromatic rings. The van der Waals surface area contributed by atoms with Crippen molar-refractivity contribution in [3.8, 4) is 11.4 Å². The molecule has 0 spiro atoms. The summed E-state index contributed by atoms with van der Waals surface area (Å²) < 4.78 is 0. The van der Waals surface area contributed by atoms with E-state index in [1.165, 1.54) is 4.80 Å². The summed E-state index contributed by atoms with van der Waals surface area (Å²) in [5.41, 5.74) is -0.149. The Bertz CT molecular complexity index is 725. The molecule has 0 aliphatic carbocycles. The minimum atomic E-state index is -0.958. The molecule has 8 nitrogen and oxygen atoms in total. The van der Waals surface area contributed by atoms with Crippen molar-refractivity contribution >= 4 is 11.9 Å². The van der Waals surface area contributed by atoms with E-state index < -0.39 is 17.4 Å². The number of benzene rings is 1. The molecule has 0 aliphatic rings. The largest absolute Gasteiger partial charge is 0.481 e. The molecule has 0 saturated heterocycles. The van der Waals surface area contributed by atoms with E-state index in [9.17, 15) is 14.7 Å². The summed E-state index contributed by atoms with van der Waals surface area (Å²) in [7, 11) is 0. The lowest BCUT2D eigenvalue weighted by Gasteiger charge is -2.27. The maximum absolute atomic E-state index is 12.4. The number of carbonyl (C=O) groups excluding carboxylic acids is 1. The molecule has 8 heteroatoms. The second-order valence-electron chi connectivity index (χ2n) is 5.99. The van der Waals surface area contributed by atoms with Gasteiger partial charge in [-0.05, 0) is 25.0 Å². The standard InChI is InChI=1S/C17H23N5O3/c1-4-17(5-2,16(24)25)11-18-15(23)12(3)22-20-14(19-21-22)13-9-7-6-8-10-13/h6-10,12H,4-5,11H2,1-3H3,(H,18,23)(H,24,25). The van der Waals surface area contributed by atoms with Gasteiger partial charge in [0.1, 0.15) is 6.04 Å². The number of hydrogen-bond donors (Lipinski definition) is 2. The number of carboxylic acid groups (broad SMARTS) is 1. The van der Waals surface area contributed by atoms with Crippen molar-refractivity contribution in [2.45, 2.75) is 39.7 Å². The van der Waals surface area contributed by atoms with E-state index in [0.717, 1.165) is 5.56 Å². The van der Waals surface area contributed by atoms with Crippen LogP contribution in [0.1, 0.15) is 39.7 Å². The van der Waals surface area contributed by atoms with E-state index in [1.54, 1.807) is 20.8 Å². The zero-order valence-electron chi connectivity index (χ0n) is 14.6. The number of carbonyl (C=O) groups is 2. The molecule has 1 aromatic heterocycles. The first kappa shape index (κ1) is 18.6. The topological polar surface area (TPSA) is 110 Å². The lowest BCUT2D eigenvalue weighted by atomic mass is 9.82. The van der Waals surface area contributed by atoms with Crippen LogP contribution in [0.3, 0.4) is 0 Å². The lowest BCUT2D eigenvalue weighted by molar-refractivity contribution is -0.149. The smallest absolute Gasteiger partial charge is 0.311 e. The fourth-order valence-electron chi connectivity index (χ4n) is 2.48. The molecule has 1 atom stereocenters. The number of amides is 1. The molecule has 0 bridgehead atoms. The van der Waals surface area contributed by atoms with Crippen LogP contribution in [-0.4, -0.2) is 43.7 Å². The van der Waals surface area contributed by atoms with Gasteiger partial charge in [0, 0.05) is 12.1 Å². The van der Waals surface area contributed by atoms with Gasteiger partial charge in [0.2, 0.25) is 11.7 Å². The first-order chi connectivity index (χ1) is 11.9. The molecule has 0 radical (unpaired) electrons. The molecule has 134 valence electrons. The van der Waals surface area contributed by atoms with Gasteiger partial charge in [0.25, 0.3) is 0 Å². The number of nitrogens with zero attached hydrogens (tertiary/aromatic N) is 4. The van der Waals surface area contributed by atoms with E-state index in [4.69, 9.17) is 0 Å². The van der Waals surface area contributed by atoms with Crippen molar-refractivity contribution in [3.05, 3.63) is 30.3 Å². The summed E-state index contributed by atoms with van der Waals surface area (Å²) in [4.78, 5) is 25.1. The Kier molecular flexibility index (Phi) is 5.84. The summed E-state index contributed by atoms with van der Waals surface area (Å²) in [6, 6.07) is 8.65. The van der Waals surface area contributed by atoms with Crippen LogP contribution in [0.2, 0.25) is 0 Å². The average molecular weight is 345 g/mol. The Morgan fingerprint density at radius 3 is 2.44 bits per heavy atom. The van der Waals surface area contributed by atoms with Crippen LogP contribution in [0.25, 0.3) is 11.4 Å². The first-order valence-corrected chi connectivity index (χ1v) is 8.29. The molecular weight excluding hydrogens is 322 g/mol. The predicted octanol–water partition coefficient (Wildman–Crippen LogP) is 1.91. The maximum atomic E-state index is 12.4. The number of hydrogen-bond acceptors (Lipinski definition) is 5. The fourth-order valence-corrected chi connectivity index (χ4v) is 2.48. The number of tetrazole rings is 1.